The molecule has 2 unspecified atom stereocenters. The summed E-state index contributed by atoms with van der Waals surface area (Å²) in [6.07, 6.45) is 0.826. The van der Waals surface area contributed by atoms with E-state index in [1.807, 2.05) is 6.07 Å². The fourth-order valence-corrected chi connectivity index (χ4v) is 1.99. The summed E-state index contributed by atoms with van der Waals surface area (Å²) in [5.74, 6) is -0.678. The van der Waals surface area contributed by atoms with E-state index in [1.54, 1.807) is 55.6 Å². The molecule has 2 rings (SSSR count). The molecule has 0 aliphatic rings. The van der Waals surface area contributed by atoms with Crippen molar-refractivity contribution >= 4 is 18.4 Å². The predicted molar refractivity (Wildman–Crippen MR) is 81.4 cm³/mol. The monoisotopic (exact) mass is 298 g/mol. The minimum Gasteiger partial charge on any atom is -0.483 e. The molecule has 0 bridgehead atoms. The second kappa shape index (κ2) is 6.91. The zero-order valence-electron chi connectivity index (χ0n) is 11.4. The number of aromatic nitrogens is 1. The molecule has 106 valence electrons. The largest absolute Gasteiger partial charge is 0.483 e. The van der Waals surface area contributed by atoms with Gasteiger partial charge in [-0.15, -0.1) is 12.6 Å². The Balaban J connectivity index is 2.11. The highest BCUT2D eigenvalue weighted by molar-refractivity contribution is 7.80. The minimum absolute atomic E-state index is 0.314. The van der Waals surface area contributed by atoms with Crippen LogP contribution in [0.5, 0.6) is 5.75 Å². The van der Waals surface area contributed by atoms with Crippen molar-refractivity contribution in [2.45, 2.75) is 23.8 Å². The van der Waals surface area contributed by atoms with Gasteiger partial charge in [-0.2, -0.15) is 5.26 Å². The van der Waals surface area contributed by atoms with Crippen LogP contribution >= 0.6 is 12.6 Å². The summed E-state index contributed by atoms with van der Waals surface area (Å²) in [6.45, 7) is 1.63. The third-order valence-corrected chi connectivity index (χ3v) is 3.25. The van der Waals surface area contributed by atoms with Gasteiger partial charge >= 0.3 is 0 Å². The molecule has 0 N–H and O–H groups in total. The number of thiol groups is 1. The fraction of sp³-hybridized carbons (Fsp3) is 0.188. The van der Waals surface area contributed by atoms with Crippen LogP contribution in [-0.4, -0.2) is 16.9 Å². The summed E-state index contributed by atoms with van der Waals surface area (Å²) >= 11 is 4.18. The van der Waals surface area contributed by atoms with Crippen molar-refractivity contribution in [3.8, 4) is 11.8 Å². The smallest absolute Gasteiger partial charge is 0.196 e. The zero-order chi connectivity index (χ0) is 15.2. The van der Waals surface area contributed by atoms with Crippen molar-refractivity contribution in [1.82, 2.24) is 4.98 Å². The maximum absolute atomic E-state index is 12.3. The first-order valence-corrected chi connectivity index (χ1v) is 6.86. The van der Waals surface area contributed by atoms with Crippen LogP contribution in [0.2, 0.25) is 0 Å². The third-order valence-electron chi connectivity index (χ3n) is 2.95. The maximum atomic E-state index is 12.3. The lowest BCUT2D eigenvalue weighted by Gasteiger charge is -2.16. The van der Waals surface area contributed by atoms with E-state index in [0.29, 0.717) is 11.4 Å². The lowest BCUT2D eigenvalue weighted by atomic mass is 9.98. The van der Waals surface area contributed by atoms with Gasteiger partial charge in [-0.3, -0.25) is 9.78 Å². The molecule has 1 heterocycles. The van der Waals surface area contributed by atoms with Gasteiger partial charge in [0, 0.05) is 11.1 Å². The SMILES string of the molecule is CC(Oc1ccc(S)cc1)C(=O)C(C#N)c1ccccn1. The van der Waals surface area contributed by atoms with Gasteiger partial charge in [0.1, 0.15) is 5.75 Å². The Morgan fingerprint density at radius 1 is 1.29 bits per heavy atom. The van der Waals surface area contributed by atoms with Gasteiger partial charge < -0.3 is 4.74 Å². The lowest BCUT2D eigenvalue weighted by Crippen LogP contribution is -2.29. The summed E-state index contributed by atoms with van der Waals surface area (Å²) in [4.78, 5) is 17.2. The van der Waals surface area contributed by atoms with E-state index in [2.05, 4.69) is 17.6 Å². The molecule has 1 aromatic carbocycles. The Kier molecular flexibility index (Phi) is 4.96. The van der Waals surface area contributed by atoms with Gasteiger partial charge in [0.25, 0.3) is 0 Å². The average molecular weight is 298 g/mol. The number of carbonyl (C=O) groups is 1. The van der Waals surface area contributed by atoms with E-state index in [9.17, 15) is 10.1 Å². The Labute approximate surface area is 128 Å². The molecular formula is C16H14N2O2S. The topological polar surface area (TPSA) is 63.0 Å². The Morgan fingerprint density at radius 3 is 2.57 bits per heavy atom. The van der Waals surface area contributed by atoms with Crippen molar-refractivity contribution < 1.29 is 9.53 Å². The molecule has 0 saturated carbocycles. The van der Waals surface area contributed by atoms with E-state index in [-0.39, 0.29) is 5.78 Å². The normalized spacial score (nSPS) is 13.0. The van der Waals surface area contributed by atoms with Crippen LogP contribution in [0.1, 0.15) is 18.5 Å². The minimum atomic E-state index is -0.926. The first-order valence-electron chi connectivity index (χ1n) is 6.42. The summed E-state index contributed by atoms with van der Waals surface area (Å²) < 4.78 is 5.57. The lowest BCUT2D eigenvalue weighted by molar-refractivity contribution is -0.125. The number of nitrogens with zero attached hydrogens (tertiary/aromatic N) is 2. The van der Waals surface area contributed by atoms with Crippen LogP contribution in [0, 0.1) is 11.3 Å². The highest BCUT2D eigenvalue weighted by Crippen LogP contribution is 2.20. The molecule has 0 fully saturated rings. The number of ether oxygens (including phenoxy) is 1. The number of benzene rings is 1. The van der Waals surface area contributed by atoms with Crippen LogP contribution in [0.4, 0.5) is 0 Å². The van der Waals surface area contributed by atoms with Crippen LogP contribution in [0.3, 0.4) is 0 Å². The highest BCUT2D eigenvalue weighted by Gasteiger charge is 2.27. The molecule has 2 aromatic rings. The van der Waals surface area contributed by atoms with Crippen molar-refractivity contribution in [2.75, 3.05) is 0 Å². The van der Waals surface area contributed by atoms with Gasteiger partial charge in [0.2, 0.25) is 0 Å². The van der Waals surface area contributed by atoms with E-state index in [4.69, 9.17) is 4.74 Å². The molecule has 21 heavy (non-hydrogen) atoms. The van der Waals surface area contributed by atoms with Crippen LogP contribution in [0.25, 0.3) is 0 Å². The summed E-state index contributed by atoms with van der Waals surface area (Å²) in [5, 5.41) is 9.22. The number of hydrogen-bond donors (Lipinski definition) is 1. The summed E-state index contributed by atoms with van der Waals surface area (Å²) in [5.41, 5.74) is 0.436. The van der Waals surface area contributed by atoms with Gasteiger partial charge in [0.05, 0.1) is 11.8 Å². The standard InChI is InChI=1S/C16H14N2O2S/c1-11(20-12-5-7-13(21)8-6-12)16(19)14(10-17)15-4-2-3-9-18-15/h2-9,11,14,21H,1H3. The molecule has 1 aromatic heterocycles. The van der Waals surface area contributed by atoms with Crippen molar-refractivity contribution in [2.24, 2.45) is 0 Å². The zero-order valence-corrected chi connectivity index (χ0v) is 12.3. The number of nitriles is 1. The van der Waals surface area contributed by atoms with Crippen molar-refractivity contribution in [3.63, 3.8) is 0 Å². The Hall–Kier alpha value is -2.32. The van der Waals surface area contributed by atoms with E-state index < -0.39 is 12.0 Å². The van der Waals surface area contributed by atoms with Crippen LogP contribution in [0.15, 0.2) is 53.6 Å². The van der Waals surface area contributed by atoms with Crippen LogP contribution in [-0.2, 0) is 4.79 Å². The molecule has 0 amide bonds. The van der Waals surface area contributed by atoms with Crippen molar-refractivity contribution in [3.05, 3.63) is 54.4 Å². The van der Waals surface area contributed by atoms with Crippen molar-refractivity contribution in [1.29, 1.82) is 5.26 Å². The number of ketones is 1. The van der Waals surface area contributed by atoms with E-state index >= 15 is 0 Å². The number of hydrogen-bond acceptors (Lipinski definition) is 5. The molecule has 0 aliphatic heterocycles. The molecular weight excluding hydrogens is 284 g/mol. The van der Waals surface area contributed by atoms with Crippen LogP contribution < -0.4 is 4.74 Å². The van der Waals surface area contributed by atoms with Gasteiger partial charge in [-0.1, -0.05) is 6.07 Å². The Bertz CT molecular complexity index is 650. The van der Waals surface area contributed by atoms with Gasteiger partial charge in [0.15, 0.2) is 17.8 Å². The molecule has 5 heteroatoms. The first kappa shape index (κ1) is 15.1. The second-order valence-electron chi connectivity index (χ2n) is 4.47. The third kappa shape index (κ3) is 3.83. The fourth-order valence-electron chi connectivity index (χ4n) is 1.84. The molecule has 4 nitrogen and oxygen atoms in total. The first-order chi connectivity index (χ1) is 10.1. The Morgan fingerprint density at radius 2 is 2.00 bits per heavy atom. The molecule has 0 saturated heterocycles. The number of Topliss-reactive ketones (excluding diaryl/α,β-unsaturated/α-hetero) is 1. The van der Waals surface area contributed by atoms with E-state index in [1.165, 1.54) is 0 Å². The van der Waals surface area contributed by atoms with Gasteiger partial charge in [-0.25, -0.2) is 0 Å². The molecule has 0 aliphatic carbocycles. The molecule has 0 radical (unpaired) electrons. The molecule has 2 atom stereocenters. The maximum Gasteiger partial charge on any atom is 0.196 e. The highest BCUT2D eigenvalue weighted by atomic mass is 32.1. The predicted octanol–water partition coefficient (Wildman–Crippen LogP) is 3.01. The number of pyridine rings is 1. The van der Waals surface area contributed by atoms with E-state index in [0.717, 1.165) is 4.90 Å². The van der Waals surface area contributed by atoms with Gasteiger partial charge in [-0.05, 0) is 43.3 Å². The average Bonchev–Trinajstić information content (AvgIpc) is 2.51. The second-order valence-corrected chi connectivity index (χ2v) is 4.99. The summed E-state index contributed by atoms with van der Waals surface area (Å²) in [6, 6.07) is 14.1. The molecule has 0 spiro atoms. The quantitative estimate of drug-likeness (QED) is 0.862. The number of carbonyl (C=O) groups excluding carboxylic acids is 1. The number of rotatable bonds is 5. The summed E-state index contributed by atoms with van der Waals surface area (Å²) in [7, 11) is 0.